The second-order valence-electron chi connectivity index (χ2n) is 14.5. The maximum atomic E-state index is 14.1. The van der Waals surface area contributed by atoms with Gasteiger partial charge >= 0.3 is 12.0 Å². The van der Waals surface area contributed by atoms with Crippen LogP contribution in [0.1, 0.15) is 81.6 Å². The van der Waals surface area contributed by atoms with Gasteiger partial charge in [-0.25, -0.2) is 9.59 Å². The minimum Gasteiger partial charge on any atom is -0.480 e. The lowest BCUT2D eigenvalue weighted by Gasteiger charge is -2.38. The second-order valence-corrected chi connectivity index (χ2v) is 14.5. The minimum atomic E-state index is -1.21. The molecule has 2 rings (SSSR count). The zero-order valence-corrected chi connectivity index (χ0v) is 27.1. The Morgan fingerprint density at radius 1 is 0.977 bits per heavy atom. The van der Waals surface area contributed by atoms with E-state index in [1.807, 2.05) is 20.8 Å². The summed E-state index contributed by atoms with van der Waals surface area (Å²) in [6.07, 6.45) is 3.07. The molecule has 0 aromatic rings. The number of piperidine rings is 1. The van der Waals surface area contributed by atoms with Crippen molar-refractivity contribution in [1.29, 1.82) is 0 Å². The van der Waals surface area contributed by atoms with Crippen LogP contribution in [0.5, 0.6) is 0 Å². The summed E-state index contributed by atoms with van der Waals surface area (Å²) in [6.45, 7) is 20.3. The number of hydrogen-bond acceptors (Lipinski definition) is 6. The molecule has 2 fully saturated rings. The van der Waals surface area contributed by atoms with E-state index >= 15 is 0 Å². The van der Waals surface area contributed by atoms with E-state index < -0.39 is 70.5 Å². The number of urea groups is 1. The first kappa shape index (κ1) is 35.8. The van der Waals surface area contributed by atoms with Crippen molar-refractivity contribution in [2.24, 2.45) is 28.1 Å². The summed E-state index contributed by atoms with van der Waals surface area (Å²) < 4.78 is 0. The zero-order chi connectivity index (χ0) is 33.1. The summed E-state index contributed by atoms with van der Waals surface area (Å²) in [5.74, 6) is -3.90. The maximum absolute atomic E-state index is 14.1. The first-order chi connectivity index (χ1) is 19.7. The van der Waals surface area contributed by atoms with E-state index in [9.17, 15) is 33.9 Å². The van der Waals surface area contributed by atoms with Gasteiger partial charge in [-0.3, -0.25) is 19.2 Å². The summed E-state index contributed by atoms with van der Waals surface area (Å²) in [7, 11) is 0. The topological polar surface area (TPSA) is 174 Å². The van der Waals surface area contributed by atoms with Crippen LogP contribution in [0.25, 0.3) is 0 Å². The number of nitrogens with zero attached hydrogens (tertiary/aromatic N) is 1. The quantitative estimate of drug-likeness (QED) is 0.158. The molecule has 5 N–H and O–H groups in total. The van der Waals surface area contributed by atoms with Crippen LogP contribution in [0.3, 0.4) is 0 Å². The Kier molecular flexibility index (Phi) is 11.2. The molecule has 242 valence electrons. The van der Waals surface area contributed by atoms with Crippen LogP contribution in [-0.4, -0.2) is 82.8 Å². The van der Waals surface area contributed by atoms with Crippen LogP contribution in [0.2, 0.25) is 0 Å². The lowest BCUT2D eigenvalue weighted by Crippen LogP contribution is -2.62. The molecule has 43 heavy (non-hydrogen) atoms. The number of carboxylic acids is 1. The number of nitrogens with one attached hydrogen (secondary N) is 4. The molecule has 1 saturated carbocycles. The van der Waals surface area contributed by atoms with Crippen LogP contribution < -0.4 is 21.3 Å². The zero-order valence-electron chi connectivity index (χ0n) is 27.1. The summed E-state index contributed by atoms with van der Waals surface area (Å²) in [4.78, 5) is 79.6. The van der Waals surface area contributed by atoms with Crippen molar-refractivity contribution in [2.75, 3.05) is 13.1 Å². The third-order valence-electron chi connectivity index (χ3n) is 8.65. The number of carbonyl (C=O) groups is 6. The van der Waals surface area contributed by atoms with Crippen molar-refractivity contribution in [3.8, 4) is 0 Å². The van der Waals surface area contributed by atoms with Gasteiger partial charge in [0.15, 0.2) is 0 Å². The Hall–Kier alpha value is -3.44. The molecule has 0 spiro atoms. The number of Topliss-reactive ketones (excluding diaryl/α,β-unsaturated/α-hetero) is 1. The van der Waals surface area contributed by atoms with Gasteiger partial charge < -0.3 is 31.3 Å². The average Bonchev–Trinajstić information content (AvgIpc) is 3.21. The van der Waals surface area contributed by atoms with E-state index in [0.29, 0.717) is 6.42 Å². The first-order valence-corrected chi connectivity index (χ1v) is 15.0. The van der Waals surface area contributed by atoms with Crippen LogP contribution in [-0.2, 0) is 24.0 Å². The molecule has 5 amide bonds. The molecule has 1 aliphatic carbocycles. The Bertz CT molecular complexity index is 1120. The minimum absolute atomic E-state index is 0.0413. The number of carboxylic acid groups (broad SMARTS) is 1. The average molecular weight is 606 g/mol. The third-order valence-corrected chi connectivity index (χ3v) is 8.65. The van der Waals surface area contributed by atoms with Crippen molar-refractivity contribution < 1.29 is 33.9 Å². The predicted molar refractivity (Wildman–Crippen MR) is 162 cm³/mol. The molecule has 0 radical (unpaired) electrons. The van der Waals surface area contributed by atoms with Crippen molar-refractivity contribution in [1.82, 2.24) is 26.2 Å². The number of likely N-dealkylation sites (tertiary alicyclic amines) is 1. The summed E-state index contributed by atoms with van der Waals surface area (Å²) in [5.41, 5.74) is -1.79. The van der Waals surface area contributed by atoms with Gasteiger partial charge in [-0.2, -0.15) is 0 Å². The lowest BCUT2D eigenvalue weighted by molar-refractivity contribution is -0.145. The van der Waals surface area contributed by atoms with E-state index in [2.05, 4.69) is 27.8 Å². The molecule has 1 heterocycles. The van der Waals surface area contributed by atoms with E-state index in [4.69, 9.17) is 0 Å². The van der Waals surface area contributed by atoms with Gasteiger partial charge in [0.05, 0.1) is 6.04 Å². The number of fused-ring (bicyclic) bond motifs is 1. The van der Waals surface area contributed by atoms with E-state index in [1.54, 1.807) is 41.5 Å². The van der Waals surface area contributed by atoms with Crippen LogP contribution in [0, 0.1) is 28.1 Å². The number of rotatable bonds is 13. The molecule has 2 aliphatic rings. The molecule has 6 atom stereocenters. The van der Waals surface area contributed by atoms with E-state index in [0.717, 1.165) is 6.42 Å². The molecule has 12 heteroatoms. The molecule has 1 aliphatic heterocycles. The number of aliphatic carboxylic acids is 1. The number of carbonyl (C=O) groups excluding carboxylic acids is 5. The van der Waals surface area contributed by atoms with Gasteiger partial charge in [0, 0.05) is 13.1 Å². The molecule has 0 aromatic heterocycles. The van der Waals surface area contributed by atoms with Crippen molar-refractivity contribution in [3.63, 3.8) is 0 Å². The lowest BCUT2D eigenvalue weighted by atomic mass is 9.85. The number of hydrogen-bond donors (Lipinski definition) is 5. The normalized spacial score (nSPS) is 22.7. The first-order valence-electron chi connectivity index (χ1n) is 15.0. The summed E-state index contributed by atoms with van der Waals surface area (Å²) in [5, 5.41) is 20.0. The Labute approximate surface area is 255 Å². The third kappa shape index (κ3) is 8.35. The highest BCUT2D eigenvalue weighted by molar-refractivity contribution is 6.38. The van der Waals surface area contributed by atoms with E-state index in [-0.39, 0.29) is 36.8 Å². The second kappa shape index (κ2) is 13.5. The molecule has 1 unspecified atom stereocenters. The molecule has 12 nitrogen and oxygen atoms in total. The fraction of sp³-hybridized carbons (Fsp3) is 0.742. The number of ketones is 1. The van der Waals surface area contributed by atoms with Gasteiger partial charge in [0.1, 0.15) is 18.1 Å². The van der Waals surface area contributed by atoms with Gasteiger partial charge in [-0.15, -0.1) is 6.58 Å². The van der Waals surface area contributed by atoms with E-state index in [1.165, 1.54) is 11.0 Å². The van der Waals surface area contributed by atoms with Gasteiger partial charge in [0.25, 0.3) is 5.91 Å². The fourth-order valence-electron chi connectivity index (χ4n) is 5.92. The van der Waals surface area contributed by atoms with Crippen molar-refractivity contribution >= 4 is 35.5 Å². The van der Waals surface area contributed by atoms with Crippen LogP contribution >= 0.6 is 0 Å². The van der Waals surface area contributed by atoms with Gasteiger partial charge in [0.2, 0.25) is 17.6 Å². The maximum Gasteiger partial charge on any atom is 0.326 e. The van der Waals surface area contributed by atoms with Gasteiger partial charge in [-0.1, -0.05) is 81.2 Å². The van der Waals surface area contributed by atoms with Crippen molar-refractivity contribution in [3.05, 3.63) is 12.7 Å². The van der Waals surface area contributed by atoms with Gasteiger partial charge in [-0.05, 0) is 34.5 Å². The number of amides is 5. The standard InChI is InChI=1S/C31H51N5O7/c1-11-13-14-18(21(37)25(39)32-15-12-2)33-24(38)20-19-17(31(19,9)10)16-36(20)26(40)22(29(3,4)5)34-28(43)35-23(27(41)42)30(6,7)8/h12,17-20,22-23H,2,11,13-16H2,1,3-10H3,(H,32,39)(H,33,38)(H,41,42)(H2,34,35,43)/t17-,18?,19-,20-,22+,23+/m0/s1. The van der Waals surface area contributed by atoms with Crippen LogP contribution in [0.4, 0.5) is 4.79 Å². The summed E-state index contributed by atoms with van der Waals surface area (Å²) in [6, 6.07) is -5.06. The largest absolute Gasteiger partial charge is 0.480 e. The molecular weight excluding hydrogens is 554 g/mol. The Morgan fingerprint density at radius 2 is 1.53 bits per heavy atom. The molecule has 1 saturated heterocycles. The Balaban J connectivity index is 2.34. The Morgan fingerprint density at radius 3 is 2.02 bits per heavy atom. The molecule has 0 bridgehead atoms. The highest BCUT2D eigenvalue weighted by atomic mass is 16.4. The molecular formula is C31H51N5O7. The summed E-state index contributed by atoms with van der Waals surface area (Å²) >= 11 is 0. The SMILES string of the molecule is C=CCNC(=O)C(=O)C(CCCC)NC(=O)[C@@H]1[C@@H]2[C@H](CN1C(=O)[C@@H](NC(=O)N[C@H](C(=O)O)C(C)(C)C)C(C)(C)C)C2(C)C. The highest BCUT2D eigenvalue weighted by Gasteiger charge is 2.70. The predicted octanol–water partition coefficient (Wildman–Crippen LogP) is 2.23. The monoisotopic (exact) mass is 605 g/mol. The van der Waals surface area contributed by atoms with Crippen LogP contribution in [0.15, 0.2) is 12.7 Å². The smallest absolute Gasteiger partial charge is 0.326 e. The fourth-order valence-corrected chi connectivity index (χ4v) is 5.92. The number of unbranched alkanes of at least 4 members (excludes halogenated alkanes) is 1. The van der Waals surface area contributed by atoms with Crippen molar-refractivity contribution in [2.45, 2.75) is 106 Å². The highest BCUT2D eigenvalue weighted by Crippen LogP contribution is 2.65. The molecule has 0 aromatic carbocycles.